The van der Waals surface area contributed by atoms with Gasteiger partial charge in [0.1, 0.15) is 5.52 Å². The molecule has 0 bridgehead atoms. The number of hydrogen-bond donors (Lipinski definition) is 1. The van der Waals surface area contributed by atoms with Gasteiger partial charge < -0.3 is 10.6 Å². The van der Waals surface area contributed by atoms with E-state index in [0.717, 1.165) is 42.7 Å². The first kappa shape index (κ1) is 17.1. The van der Waals surface area contributed by atoms with Crippen molar-refractivity contribution in [2.24, 2.45) is 12.8 Å². The van der Waals surface area contributed by atoms with E-state index in [1.54, 1.807) is 22.4 Å². The molecule has 1 fully saturated rings. The molecular formula is C19H22ClN5O. The van der Waals surface area contributed by atoms with Gasteiger partial charge in [0.15, 0.2) is 5.65 Å². The molecule has 7 heteroatoms. The van der Waals surface area contributed by atoms with Gasteiger partial charge in [-0.2, -0.15) is 0 Å². The van der Waals surface area contributed by atoms with E-state index in [1.165, 1.54) is 0 Å². The van der Waals surface area contributed by atoms with Crippen molar-refractivity contribution in [3.8, 4) is 0 Å². The summed E-state index contributed by atoms with van der Waals surface area (Å²) in [4.78, 5) is 19.6. The number of rotatable bonds is 3. The van der Waals surface area contributed by atoms with Gasteiger partial charge in [0.2, 0.25) is 0 Å². The van der Waals surface area contributed by atoms with E-state index in [9.17, 15) is 4.79 Å². The molecule has 6 nitrogen and oxygen atoms in total. The smallest absolute Gasteiger partial charge is 0.330 e. The Morgan fingerprint density at radius 3 is 2.77 bits per heavy atom. The molecule has 2 aromatic heterocycles. The van der Waals surface area contributed by atoms with Crippen molar-refractivity contribution >= 4 is 28.5 Å². The van der Waals surface area contributed by atoms with Crippen LogP contribution in [0.2, 0.25) is 5.02 Å². The Balaban J connectivity index is 1.85. The summed E-state index contributed by atoms with van der Waals surface area (Å²) in [5.74, 6) is 0. The minimum atomic E-state index is -0.0730. The molecule has 4 rings (SSSR count). The molecule has 3 aromatic rings. The molecule has 1 saturated heterocycles. The van der Waals surface area contributed by atoms with Crippen LogP contribution in [0.1, 0.15) is 18.4 Å². The number of pyridine rings is 1. The monoisotopic (exact) mass is 371 g/mol. The maximum atomic E-state index is 12.9. The highest BCUT2D eigenvalue weighted by Gasteiger charge is 2.23. The van der Waals surface area contributed by atoms with E-state index in [-0.39, 0.29) is 11.7 Å². The zero-order chi connectivity index (χ0) is 18.3. The Hall–Kier alpha value is -2.31. The first-order valence-electron chi connectivity index (χ1n) is 8.84. The van der Waals surface area contributed by atoms with Crippen molar-refractivity contribution in [2.75, 3.05) is 18.0 Å². The van der Waals surface area contributed by atoms with E-state index < -0.39 is 0 Å². The molecule has 1 aliphatic rings. The standard InChI is InChI=1S/C19H22ClN5O/c1-23-18-17(16(8-9-22-18)24-10-2-3-15(21)12-24)25(19(23)26)11-13-4-6-14(20)7-5-13/h4-9,15H,2-3,10-12,21H2,1H3. The molecule has 0 spiro atoms. The van der Waals surface area contributed by atoms with Gasteiger partial charge in [-0.3, -0.25) is 9.13 Å². The molecule has 1 aliphatic heterocycles. The number of hydrogen-bond acceptors (Lipinski definition) is 4. The molecule has 136 valence electrons. The van der Waals surface area contributed by atoms with Crippen molar-refractivity contribution in [2.45, 2.75) is 25.4 Å². The third kappa shape index (κ3) is 2.99. The van der Waals surface area contributed by atoms with Crippen molar-refractivity contribution in [1.82, 2.24) is 14.1 Å². The average molecular weight is 372 g/mol. The lowest BCUT2D eigenvalue weighted by Crippen LogP contribution is -2.43. The van der Waals surface area contributed by atoms with Crippen molar-refractivity contribution in [1.29, 1.82) is 0 Å². The normalized spacial score (nSPS) is 17.8. The topological polar surface area (TPSA) is 69.1 Å². The lowest BCUT2D eigenvalue weighted by Gasteiger charge is -2.33. The number of piperidine rings is 1. The molecule has 2 N–H and O–H groups in total. The number of fused-ring (bicyclic) bond motifs is 1. The highest BCUT2D eigenvalue weighted by Crippen LogP contribution is 2.27. The number of aryl methyl sites for hydroxylation is 1. The van der Waals surface area contributed by atoms with Crippen LogP contribution >= 0.6 is 11.6 Å². The quantitative estimate of drug-likeness (QED) is 0.767. The van der Waals surface area contributed by atoms with Crippen molar-refractivity contribution < 1.29 is 0 Å². The molecule has 1 unspecified atom stereocenters. The number of nitrogens with zero attached hydrogens (tertiary/aromatic N) is 4. The Morgan fingerprint density at radius 2 is 2.04 bits per heavy atom. The number of imidazole rings is 1. The van der Waals surface area contributed by atoms with Gasteiger partial charge in [-0.15, -0.1) is 0 Å². The van der Waals surface area contributed by atoms with Crippen LogP contribution in [0.4, 0.5) is 5.69 Å². The van der Waals surface area contributed by atoms with Gasteiger partial charge >= 0.3 is 5.69 Å². The summed E-state index contributed by atoms with van der Waals surface area (Å²) in [6, 6.07) is 9.72. The lowest BCUT2D eigenvalue weighted by atomic mass is 10.1. The van der Waals surface area contributed by atoms with Crippen LogP contribution in [0.5, 0.6) is 0 Å². The molecular weight excluding hydrogens is 350 g/mol. The second kappa shape index (κ2) is 6.78. The van der Waals surface area contributed by atoms with Crippen LogP contribution in [0.15, 0.2) is 41.3 Å². The molecule has 1 aromatic carbocycles. The number of aromatic nitrogens is 3. The van der Waals surface area contributed by atoms with Gasteiger partial charge in [-0.05, 0) is 36.6 Å². The summed E-state index contributed by atoms with van der Waals surface area (Å²) in [6.45, 7) is 2.21. The van der Waals surface area contributed by atoms with Crippen molar-refractivity contribution in [3.05, 3.63) is 57.6 Å². The lowest BCUT2D eigenvalue weighted by molar-refractivity contribution is 0.506. The van der Waals surface area contributed by atoms with E-state index in [0.29, 0.717) is 17.2 Å². The Labute approximate surface area is 156 Å². The van der Waals surface area contributed by atoms with Crippen LogP contribution in [0.25, 0.3) is 11.2 Å². The number of halogens is 1. The molecule has 0 amide bonds. The zero-order valence-electron chi connectivity index (χ0n) is 14.7. The maximum Gasteiger partial charge on any atom is 0.330 e. The van der Waals surface area contributed by atoms with E-state index in [1.807, 2.05) is 30.3 Å². The van der Waals surface area contributed by atoms with Gasteiger partial charge in [0, 0.05) is 37.4 Å². The minimum absolute atomic E-state index is 0.0730. The second-order valence-corrected chi connectivity index (χ2v) is 7.34. The number of nitrogens with two attached hydrogens (primary N) is 1. The van der Waals surface area contributed by atoms with Crippen LogP contribution in [-0.2, 0) is 13.6 Å². The van der Waals surface area contributed by atoms with E-state index in [4.69, 9.17) is 17.3 Å². The second-order valence-electron chi connectivity index (χ2n) is 6.90. The Kier molecular flexibility index (Phi) is 4.46. The molecule has 26 heavy (non-hydrogen) atoms. The first-order chi connectivity index (χ1) is 12.5. The van der Waals surface area contributed by atoms with Gasteiger partial charge in [0.05, 0.1) is 12.2 Å². The summed E-state index contributed by atoms with van der Waals surface area (Å²) in [7, 11) is 1.77. The fourth-order valence-corrected chi connectivity index (χ4v) is 3.83. The predicted octanol–water partition coefficient (Wildman–Crippen LogP) is 2.36. The molecule has 1 atom stereocenters. The van der Waals surface area contributed by atoms with Crippen molar-refractivity contribution in [3.63, 3.8) is 0 Å². The van der Waals surface area contributed by atoms with Gasteiger partial charge in [0.25, 0.3) is 0 Å². The highest BCUT2D eigenvalue weighted by atomic mass is 35.5. The summed E-state index contributed by atoms with van der Waals surface area (Å²) < 4.78 is 3.40. The molecule has 0 radical (unpaired) electrons. The third-order valence-electron chi connectivity index (χ3n) is 5.04. The maximum absolute atomic E-state index is 12.9. The van der Waals surface area contributed by atoms with E-state index >= 15 is 0 Å². The molecule has 3 heterocycles. The van der Waals surface area contributed by atoms with E-state index in [2.05, 4.69) is 9.88 Å². The largest absolute Gasteiger partial charge is 0.368 e. The zero-order valence-corrected chi connectivity index (χ0v) is 15.5. The minimum Gasteiger partial charge on any atom is -0.368 e. The van der Waals surface area contributed by atoms with Crippen LogP contribution in [0, 0.1) is 0 Å². The van der Waals surface area contributed by atoms with Crippen LogP contribution in [-0.4, -0.2) is 33.2 Å². The van der Waals surface area contributed by atoms with Crippen LogP contribution in [0.3, 0.4) is 0 Å². The SMILES string of the molecule is Cn1c(=O)n(Cc2ccc(Cl)cc2)c2c(N3CCCC(N)C3)ccnc21. The molecule has 0 saturated carbocycles. The molecule has 0 aliphatic carbocycles. The Morgan fingerprint density at radius 1 is 1.27 bits per heavy atom. The van der Waals surface area contributed by atoms with Gasteiger partial charge in [-0.1, -0.05) is 23.7 Å². The summed E-state index contributed by atoms with van der Waals surface area (Å²) in [5, 5.41) is 0.684. The third-order valence-corrected chi connectivity index (χ3v) is 5.29. The summed E-state index contributed by atoms with van der Waals surface area (Å²) in [5.41, 5.74) is 9.71. The first-order valence-corrected chi connectivity index (χ1v) is 9.21. The average Bonchev–Trinajstić information content (AvgIpc) is 2.88. The summed E-state index contributed by atoms with van der Waals surface area (Å²) >= 11 is 5.98. The fraction of sp³-hybridized carbons (Fsp3) is 0.368. The highest BCUT2D eigenvalue weighted by molar-refractivity contribution is 6.30. The summed E-state index contributed by atoms with van der Waals surface area (Å²) in [6.07, 6.45) is 3.86. The predicted molar refractivity (Wildman–Crippen MR) is 105 cm³/mol. The fourth-order valence-electron chi connectivity index (χ4n) is 3.71. The number of benzene rings is 1. The van der Waals surface area contributed by atoms with Gasteiger partial charge in [-0.25, -0.2) is 9.78 Å². The number of anilines is 1. The Bertz CT molecular complexity index is 992. The van der Waals surface area contributed by atoms with Crippen LogP contribution < -0.4 is 16.3 Å².